The molecule has 0 radical (unpaired) electrons. The van der Waals surface area contributed by atoms with E-state index in [1.54, 1.807) is 23.0 Å². The summed E-state index contributed by atoms with van der Waals surface area (Å²) in [4.78, 5) is 29.1. The normalized spacial score (nSPS) is 18.1. The van der Waals surface area contributed by atoms with Gasteiger partial charge in [0.05, 0.1) is 13.1 Å². The Morgan fingerprint density at radius 2 is 2.06 bits per heavy atom. The minimum Gasteiger partial charge on any atom is -0.490 e. The zero-order valence-corrected chi connectivity index (χ0v) is 16.6. The number of alkyl halides is 1. The second-order valence-electron chi connectivity index (χ2n) is 7.59. The lowest BCUT2D eigenvalue weighted by molar-refractivity contribution is -0.146. The number of halogens is 1. The Balaban J connectivity index is 1.32. The molecule has 0 bridgehead atoms. The van der Waals surface area contributed by atoms with Crippen LogP contribution in [0.25, 0.3) is 5.65 Å². The molecular weight excluding hydrogens is 403 g/mol. The Morgan fingerprint density at radius 3 is 2.87 bits per heavy atom. The number of hydrogen-bond donors (Lipinski definition) is 0. The van der Waals surface area contributed by atoms with E-state index in [0.29, 0.717) is 41.6 Å². The number of aromatic nitrogens is 5. The second kappa shape index (κ2) is 7.46. The second-order valence-corrected chi connectivity index (χ2v) is 7.59. The summed E-state index contributed by atoms with van der Waals surface area (Å²) in [5.74, 6) is 0.442. The number of nitrogens with zero attached hydrogens (tertiary/aromatic N) is 8. The summed E-state index contributed by atoms with van der Waals surface area (Å²) in [7, 11) is 0. The van der Waals surface area contributed by atoms with Crippen LogP contribution in [0.5, 0.6) is 5.75 Å². The van der Waals surface area contributed by atoms with Crippen LogP contribution >= 0.6 is 0 Å². The Kier molecular flexibility index (Phi) is 4.62. The van der Waals surface area contributed by atoms with Crippen molar-refractivity contribution in [3.8, 4) is 11.8 Å². The van der Waals surface area contributed by atoms with E-state index in [4.69, 9.17) is 4.74 Å². The lowest BCUT2D eigenvalue weighted by Crippen LogP contribution is -2.53. The molecule has 0 aliphatic carbocycles. The quantitative estimate of drug-likeness (QED) is 0.604. The van der Waals surface area contributed by atoms with Gasteiger partial charge in [-0.2, -0.15) is 14.9 Å². The van der Waals surface area contributed by atoms with Crippen molar-refractivity contribution in [2.24, 2.45) is 0 Å². The number of fused-ring (bicyclic) bond motifs is 2. The van der Waals surface area contributed by atoms with Gasteiger partial charge in [-0.15, -0.1) is 0 Å². The fourth-order valence-electron chi connectivity index (χ4n) is 4.09. The molecule has 0 N–H and O–H groups in total. The third-order valence-electron chi connectivity index (χ3n) is 5.75. The first kappa shape index (κ1) is 19.2. The maximum atomic E-state index is 15.8. The fourth-order valence-corrected chi connectivity index (χ4v) is 4.09. The Hall–Kier alpha value is -3.81. The fraction of sp³-hybridized carbons (Fsp3) is 0.400. The van der Waals surface area contributed by atoms with Crippen LogP contribution in [0.3, 0.4) is 0 Å². The summed E-state index contributed by atoms with van der Waals surface area (Å²) in [5, 5.41) is 13.4. The van der Waals surface area contributed by atoms with Crippen LogP contribution in [-0.2, 0) is 11.3 Å². The molecule has 1 amide bonds. The molecule has 1 fully saturated rings. The van der Waals surface area contributed by atoms with Crippen LogP contribution in [0.2, 0.25) is 0 Å². The maximum absolute atomic E-state index is 15.8. The number of pyridine rings is 1. The number of hydrogen-bond acceptors (Lipinski definition) is 8. The summed E-state index contributed by atoms with van der Waals surface area (Å²) in [5.41, 5.74) is -0.401. The summed E-state index contributed by atoms with van der Waals surface area (Å²) < 4.78 is 23.0. The third-order valence-corrected chi connectivity index (χ3v) is 5.75. The number of nitriles is 1. The largest absolute Gasteiger partial charge is 0.490 e. The first-order valence-corrected chi connectivity index (χ1v) is 9.97. The van der Waals surface area contributed by atoms with Gasteiger partial charge >= 0.3 is 0 Å². The van der Waals surface area contributed by atoms with Crippen molar-refractivity contribution in [1.82, 2.24) is 29.5 Å². The predicted molar refractivity (Wildman–Crippen MR) is 106 cm³/mol. The smallest absolute Gasteiger partial charge is 0.260 e. The lowest BCUT2D eigenvalue weighted by Gasteiger charge is -2.38. The van der Waals surface area contributed by atoms with Crippen molar-refractivity contribution in [2.75, 3.05) is 31.1 Å². The molecular formula is C20H19FN8O2. The van der Waals surface area contributed by atoms with E-state index in [1.165, 1.54) is 17.4 Å². The molecule has 0 unspecified atom stereocenters. The van der Waals surface area contributed by atoms with Gasteiger partial charge < -0.3 is 14.5 Å². The minimum atomic E-state index is -1.97. The standard InChI is InChI=1S/C20H19FN8O2/c21-20(2-5-27(6-3-20)19-24-4-1-16-25-13-26-29(16)19)18(30)28-7-8-31-17-14(9-22)10-23-11-15(17)12-28/h1,4,10-11,13H,2-3,5-8,12H2. The lowest BCUT2D eigenvalue weighted by atomic mass is 9.91. The van der Waals surface area contributed by atoms with Crippen molar-refractivity contribution in [3.05, 3.63) is 42.1 Å². The molecule has 158 valence electrons. The molecule has 2 aliphatic heterocycles. The number of carbonyl (C=O) groups excluding carboxylic acids is 1. The molecule has 0 aromatic carbocycles. The first-order chi connectivity index (χ1) is 15.1. The topological polar surface area (TPSA) is 113 Å². The molecule has 0 spiro atoms. The molecule has 5 heterocycles. The Morgan fingerprint density at radius 1 is 1.23 bits per heavy atom. The van der Waals surface area contributed by atoms with Gasteiger partial charge in [-0.25, -0.2) is 14.4 Å². The van der Waals surface area contributed by atoms with Crippen LogP contribution in [-0.4, -0.2) is 67.3 Å². The van der Waals surface area contributed by atoms with Crippen molar-refractivity contribution < 1.29 is 13.9 Å². The molecule has 2 aliphatic rings. The van der Waals surface area contributed by atoms with E-state index in [9.17, 15) is 10.1 Å². The average Bonchev–Trinajstić information content (AvgIpc) is 3.17. The van der Waals surface area contributed by atoms with Crippen LogP contribution in [0, 0.1) is 11.3 Å². The van der Waals surface area contributed by atoms with E-state index >= 15 is 4.39 Å². The van der Waals surface area contributed by atoms with E-state index < -0.39 is 11.6 Å². The molecule has 1 saturated heterocycles. The van der Waals surface area contributed by atoms with E-state index in [-0.39, 0.29) is 32.5 Å². The summed E-state index contributed by atoms with van der Waals surface area (Å²) >= 11 is 0. The molecule has 31 heavy (non-hydrogen) atoms. The highest BCUT2D eigenvalue weighted by Gasteiger charge is 2.45. The Labute approximate surface area is 176 Å². The zero-order chi connectivity index (χ0) is 21.4. The maximum Gasteiger partial charge on any atom is 0.260 e. The van der Waals surface area contributed by atoms with Crippen molar-refractivity contribution in [3.63, 3.8) is 0 Å². The summed E-state index contributed by atoms with van der Waals surface area (Å²) in [6, 6.07) is 3.79. The minimum absolute atomic E-state index is 0.0410. The van der Waals surface area contributed by atoms with Crippen molar-refractivity contribution in [1.29, 1.82) is 5.26 Å². The predicted octanol–water partition coefficient (Wildman–Crippen LogP) is 1.12. The highest BCUT2D eigenvalue weighted by atomic mass is 19.1. The first-order valence-electron chi connectivity index (χ1n) is 9.97. The van der Waals surface area contributed by atoms with Gasteiger partial charge in [0, 0.05) is 56.2 Å². The van der Waals surface area contributed by atoms with Crippen LogP contribution in [0.15, 0.2) is 31.0 Å². The molecule has 10 nitrogen and oxygen atoms in total. The Bertz CT molecular complexity index is 1180. The number of amides is 1. The highest BCUT2D eigenvalue weighted by molar-refractivity contribution is 5.85. The number of rotatable bonds is 2. The van der Waals surface area contributed by atoms with Crippen LogP contribution in [0.1, 0.15) is 24.0 Å². The van der Waals surface area contributed by atoms with Gasteiger partial charge in [0.1, 0.15) is 30.3 Å². The SMILES string of the molecule is N#Cc1cncc2c1OCCN(C(=O)C1(F)CCN(c3nccc4ncnn34)CC1)C2. The molecule has 0 saturated carbocycles. The third kappa shape index (κ3) is 3.30. The van der Waals surface area contributed by atoms with Crippen LogP contribution in [0.4, 0.5) is 10.3 Å². The summed E-state index contributed by atoms with van der Waals surface area (Å²) in [6.07, 6.45) is 6.14. The van der Waals surface area contributed by atoms with Gasteiger partial charge in [-0.05, 0) is 0 Å². The van der Waals surface area contributed by atoms with Crippen molar-refractivity contribution in [2.45, 2.75) is 25.1 Å². The van der Waals surface area contributed by atoms with Gasteiger partial charge in [-0.1, -0.05) is 0 Å². The molecule has 11 heteroatoms. The average molecular weight is 422 g/mol. The van der Waals surface area contributed by atoms with Gasteiger partial charge in [0.2, 0.25) is 5.95 Å². The zero-order valence-electron chi connectivity index (χ0n) is 16.6. The number of ether oxygens (including phenoxy) is 1. The van der Waals surface area contributed by atoms with E-state index in [2.05, 4.69) is 20.1 Å². The van der Waals surface area contributed by atoms with Gasteiger partial charge in [0.15, 0.2) is 11.3 Å². The molecule has 3 aromatic rings. The number of piperidine rings is 1. The van der Waals surface area contributed by atoms with E-state index in [0.717, 1.165) is 0 Å². The number of carbonyl (C=O) groups is 1. The molecule has 3 aromatic heterocycles. The van der Waals surface area contributed by atoms with Crippen LogP contribution < -0.4 is 9.64 Å². The summed E-state index contributed by atoms with van der Waals surface area (Å²) in [6.45, 7) is 1.25. The van der Waals surface area contributed by atoms with Crippen molar-refractivity contribution >= 4 is 17.5 Å². The molecule has 5 rings (SSSR count). The van der Waals surface area contributed by atoms with E-state index in [1.807, 2.05) is 11.0 Å². The number of anilines is 1. The molecule has 0 atom stereocenters. The van der Waals surface area contributed by atoms with Gasteiger partial charge in [-0.3, -0.25) is 9.78 Å². The highest BCUT2D eigenvalue weighted by Crippen LogP contribution is 2.33. The monoisotopic (exact) mass is 422 g/mol. The van der Waals surface area contributed by atoms with Gasteiger partial charge in [0.25, 0.3) is 5.91 Å².